The fourth-order valence-corrected chi connectivity index (χ4v) is 1.74. The van der Waals surface area contributed by atoms with Crippen molar-refractivity contribution >= 4 is 27.9 Å². The van der Waals surface area contributed by atoms with E-state index in [-0.39, 0.29) is 0 Å². The number of ether oxygens (including phenoxy) is 1. The number of benzene rings is 1. The molecule has 14 heavy (non-hydrogen) atoms. The summed E-state index contributed by atoms with van der Waals surface area (Å²) in [5.74, 6) is -0.429. The number of nitrogens with one attached hydrogen (secondary N) is 1. The van der Waals surface area contributed by atoms with Gasteiger partial charge in [0.25, 0.3) is 5.91 Å². The second kappa shape index (κ2) is 3.42. The van der Waals surface area contributed by atoms with E-state index in [2.05, 4.69) is 21.2 Å². The van der Waals surface area contributed by atoms with Crippen LogP contribution in [0.4, 0.5) is 4.79 Å². The van der Waals surface area contributed by atoms with Gasteiger partial charge in [-0.1, -0.05) is 34.1 Å². The maximum Gasteiger partial charge on any atom is 0.415 e. The first kappa shape index (κ1) is 9.21. The highest BCUT2D eigenvalue weighted by atomic mass is 79.9. The zero-order valence-corrected chi connectivity index (χ0v) is 8.58. The SMILES string of the molecule is O=C1NC(=O)C(c2ccccc2Br)O1. The van der Waals surface area contributed by atoms with E-state index in [1.807, 2.05) is 6.07 Å². The fraction of sp³-hybridized carbons (Fsp3) is 0.111. The Hall–Kier alpha value is -1.36. The highest BCUT2D eigenvalue weighted by molar-refractivity contribution is 9.10. The first-order valence-corrected chi connectivity index (χ1v) is 4.73. The first-order valence-electron chi connectivity index (χ1n) is 3.94. The average Bonchev–Trinajstić information content (AvgIpc) is 2.46. The van der Waals surface area contributed by atoms with Gasteiger partial charge in [0.2, 0.25) is 6.10 Å². The summed E-state index contributed by atoms with van der Waals surface area (Å²) < 4.78 is 5.56. The minimum absolute atomic E-state index is 0.429. The molecule has 0 bridgehead atoms. The van der Waals surface area contributed by atoms with Crippen LogP contribution < -0.4 is 5.32 Å². The number of cyclic esters (lactones) is 1. The summed E-state index contributed by atoms with van der Waals surface area (Å²) in [6.45, 7) is 0. The van der Waals surface area contributed by atoms with Gasteiger partial charge in [0.1, 0.15) is 0 Å². The number of carbonyl (C=O) groups is 2. The number of rotatable bonds is 1. The molecular weight excluding hydrogens is 250 g/mol. The molecule has 1 unspecified atom stereocenters. The molecule has 4 nitrogen and oxygen atoms in total. The fourth-order valence-electron chi connectivity index (χ4n) is 1.25. The Labute approximate surface area is 88.4 Å². The zero-order chi connectivity index (χ0) is 10.1. The summed E-state index contributed by atoms with van der Waals surface area (Å²) in [4.78, 5) is 22.0. The smallest absolute Gasteiger partial charge is 0.415 e. The van der Waals surface area contributed by atoms with E-state index < -0.39 is 18.1 Å². The molecule has 1 aliphatic heterocycles. The minimum atomic E-state index is -0.835. The van der Waals surface area contributed by atoms with Crippen molar-refractivity contribution in [2.75, 3.05) is 0 Å². The van der Waals surface area contributed by atoms with Crippen LogP contribution in [0.3, 0.4) is 0 Å². The highest BCUT2D eigenvalue weighted by Crippen LogP contribution is 2.28. The predicted molar refractivity (Wildman–Crippen MR) is 51.5 cm³/mol. The van der Waals surface area contributed by atoms with Gasteiger partial charge in [-0.15, -0.1) is 0 Å². The van der Waals surface area contributed by atoms with Crippen molar-refractivity contribution in [2.45, 2.75) is 6.10 Å². The molecule has 0 aliphatic carbocycles. The van der Waals surface area contributed by atoms with Gasteiger partial charge in [0.05, 0.1) is 0 Å². The van der Waals surface area contributed by atoms with Crippen molar-refractivity contribution in [2.24, 2.45) is 0 Å². The van der Waals surface area contributed by atoms with Crippen LogP contribution in [-0.2, 0) is 9.53 Å². The lowest BCUT2D eigenvalue weighted by atomic mass is 10.1. The molecule has 1 aliphatic rings. The van der Waals surface area contributed by atoms with Crippen molar-refractivity contribution in [1.82, 2.24) is 5.32 Å². The number of imide groups is 1. The molecule has 1 saturated heterocycles. The van der Waals surface area contributed by atoms with E-state index in [9.17, 15) is 9.59 Å². The standard InChI is InChI=1S/C9H6BrNO3/c10-6-4-2-1-3-5(6)7-8(12)11-9(13)14-7/h1-4,7H,(H,11,12,13). The monoisotopic (exact) mass is 255 g/mol. The summed E-state index contributed by atoms with van der Waals surface area (Å²) in [7, 11) is 0. The second-order valence-corrected chi connectivity index (χ2v) is 3.65. The molecule has 0 saturated carbocycles. The number of hydrogen-bond acceptors (Lipinski definition) is 3. The summed E-state index contributed by atoms with van der Waals surface area (Å²) in [5.41, 5.74) is 0.649. The number of carbonyl (C=O) groups excluding carboxylic acids is 2. The van der Waals surface area contributed by atoms with E-state index in [4.69, 9.17) is 4.74 Å². The molecular formula is C9H6BrNO3. The van der Waals surface area contributed by atoms with E-state index in [1.165, 1.54) is 0 Å². The average molecular weight is 256 g/mol. The van der Waals surface area contributed by atoms with Gasteiger partial charge in [0.15, 0.2) is 0 Å². The maximum atomic E-state index is 11.3. The van der Waals surface area contributed by atoms with Gasteiger partial charge < -0.3 is 4.74 Å². The minimum Gasteiger partial charge on any atom is -0.431 e. The van der Waals surface area contributed by atoms with Gasteiger partial charge >= 0.3 is 6.09 Å². The lowest BCUT2D eigenvalue weighted by Crippen LogP contribution is -2.20. The van der Waals surface area contributed by atoms with Crippen molar-refractivity contribution < 1.29 is 14.3 Å². The second-order valence-electron chi connectivity index (χ2n) is 2.80. The van der Waals surface area contributed by atoms with Crippen LogP contribution in [0.25, 0.3) is 0 Å². The molecule has 2 rings (SSSR count). The molecule has 1 atom stereocenters. The Kier molecular flexibility index (Phi) is 2.25. The van der Waals surface area contributed by atoms with E-state index in [0.717, 1.165) is 4.47 Å². The molecule has 1 aromatic rings. The largest absolute Gasteiger partial charge is 0.431 e. The van der Waals surface area contributed by atoms with Crippen LogP contribution in [0, 0.1) is 0 Å². The third kappa shape index (κ3) is 1.50. The molecule has 0 spiro atoms. The van der Waals surface area contributed by atoms with E-state index in [0.29, 0.717) is 5.56 Å². The molecule has 1 fully saturated rings. The topological polar surface area (TPSA) is 55.4 Å². The number of alkyl carbamates (subject to hydrolysis) is 1. The summed E-state index contributed by atoms with van der Waals surface area (Å²) in [6.07, 6.45) is -1.53. The molecule has 72 valence electrons. The number of hydrogen-bond donors (Lipinski definition) is 1. The van der Waals surface area contributed by atoms with Crippen molar-refractivity contribution in [3.8, 4) is 0 Å². The van der Waals surface area contributed by atoms with E-state index >= 15 is 0 Å². The predicted octanol–water partition coefficient (Wildman–Crippen LogP) is 1.76. The lowest BCUT2D eigenvalue weighted by Gasteiger charge is -2.07. The van der Waals surface area contributed by atoms with Crippen LogP contribution in [0.2, 0.25) is 0 Å². The summed E-state index contributed by atoms with van der Waals surface area (Å²) in [5, 5.41) is 2.07. The first-order chi connectivity index (χ1) is 6.68. The van der Waals surface area contributed by atoms with Gasteiger partial charge in [-0.3, -0.25) is 10.1 Å². The summed E-state index contributed by atoms with van der Waals surface area (Å²) in [6, 6.07) is 7.11. The van der Waals surface area contributed by atoms with E-state index in [1.54, 1.807) is 18.2 Å². The Morgan fingerprint density at radius 3 is 2.57 bits per heavy atom. The highest BCUT2D eigenvalue weighted by Gasteiger charge is 2.34. The zero-order valence-electron chi connectivity index (χ0n) is 6.99. The molecule has 2 amide bonds. The third-order valence-corrected chi connectivity index (χ3v) is 2.60. The summed E-state index contributed by atoms with van der Waals surface area (Å²) >= 11 is 3.28. The molecule has 0 radical (unpaired) electrons. The lowest BCUT2D eigenvalue weighted by molar-refractivity contribution is -0.123. The number of amides is 2. The van der Waals surface area contributed by atoms with Crippen molar-refractivity contribution in [3.05, 3.63) is 34.3 Å². The van der Waals surface area contributed by atoms with Crippen LogP contribution >= 0.6 is 15.9 Å². The molecule has 1 heterocycles. The number of halogens is 1. The molecule has 0 aromatic heterocycles. The molecule has 1 N–H and O–H groups in total. The van der Waals surface area contributed by atoms with Crippen LogP contribution in [0.1, 0.15) is 11.7 Å². The Morgan fingerprint density at radius 1 is 1.29 bits per heavy atom. The van der Waals surface area contributed by atoms with Gasteiger partial charge in [-0.25, -0.2) is 4.79 Å². The van der Waals surface area contributed by atoms with Crippen LogP contribution in [0.5, 0.6) is 0 Å². The van der Waals surface area contributed by atoms with Gasteiger partial charge in [-0.2, -0.15) is 0 Å². The molecule has 1 aromatic carbocycles. The van der Waals surface area contributed by atoms with Crippen LogP contribution in [0.15, 0.2) is 28.7 Å². The Morgan fingerprint density at radius 2 is 2.00 bits per heavy atom. The third-order valence-electron chi connectivity index (χ3n) is 1.88. The van der Waals surface area contributed by atoms with Crippen molar-refractivity contribution in [3.63, 3.8) is 0 Å². The van der Waals surface area contributed by atoms with Gasteiger partial charge in [-0.05, 0) is 6.07 Å². The maximum absolute atomic E-state index is 11.3. The van der Waals surface area contributed by atoms with Crippen molar-refractivity contribution in [1.29, 1.82) is 0 Å². The normalized spacial score (nSPS) is 20.5. The van der Waals surface area contributed by atoms with Crippen LogP contribution in [-0.4, -0.2) is 12.0 Å². The quantitative estimate of drug-likeness (QED) is 0.832. The Bertz CT molecular complexity index is 405. The Balaban J connectivity index is 2.36. The van der Waals surface area contributed by atoms with Gasteiger partial charge in [0, 0.05) is 10.0 Å². The molecule has 5 heteroatoms.